The van der Waals surface area contributed by atoms with E-state index in [1.54, 1.807) is 31.2 Å². The van der Waals surface area contributed by atoms with E-state index >= 15 is 0 Å². The highest BCUT2D eigenvalue weighted by Crippen LogP contribution is 2.32. The fourth-order valence-corrected chi connectivity index (χ4v) is 2.00. The van der Waals surface area contributed by atoms with Gasteiger partial charge in [0.15, 0.2) is 0 Å². The normalized spacial score (nSPS) is 12.0. The Kier molecular flexibility index (Phi) is 4.55. The molecule has 0 radical (unpaired) electrons. The summed E-state index contributed by atoms with van der Waals surface area (Å²) < 4.78 is 5.61. The maximum absolute atomic E-state index is 11.1. The topological polar surface area (TPSA) is 78.4 Å². The van der Waals surface area contributed by atoms with Crippen molar-refractivity contribution in [2.24, 2.45) is 5.73 Å². The number of rotatable bonds is 5. The molecule has 0 aromatic heterocycles. The second kappa shape index (κ2) is 6.37. The first-order chi connectivity index (χ1) is 10.0. The standard InChI is InChI=1S/C16H18N2O3/c1-3-14(17)12-5-7-13(8-6-12)21-16-9-4-11(2)10-15(16)18(19)20/h4-10,14H,3,17H2,1-2H3/t14-/m0/s1. The molecule has 21 heavy (non-hydrogen) atoms. The largest absolute Gasteiger partial charge is 0.450 e. The summed E-state index contributed by atoms with van der Waals surface area (Å²) in [5.41, 5.74) is 7.74. The van der Waals surface area contributed by atoms with E-state index in [4.69, 9.17) is 10.5 Å². The van der Waals surface area contributed by atoms with E-state index in [0.717, 1.165) is 17.5 Å². The highest BCUT2D eigenvalue weighted by Gasteiger charge is 2.16. The average molecular weight is 286 g/mol. The van der Waals surface area contributed by atoms with Crippen molar-refractivity contribution in [1.82, 2.24) is 0 Å². The molecule has 0 heterocycles. The van der Waals surface area contributed by atoms with Gasteiger partial charge in [-0.2, -0.15) is 0 Å². The minimum atomic E-state index is -0.441. The van der Waals surface area contributed by atoms with Crippen LogP contribution in [0.25, 0.3) is 0 Å². The number of nitrogens with zero attached hydrogens (tertiary/aromatic N) is 1. The summed E-state index contributed by atoms with van der Waals surface area (Å²) >= 11 is 0. The summed E-state index contributed by atoms with van der Waals surface area (Å²) in [4.78, 5) is 10.6. The van der Waals surface area contributed by atoms with Crippen molar-refractivity contribution in [3.05, 3.63) is 63.7 Å². The second-order valence-corrected chi connectivity index (χ2v) is 4.91. The molecule has 1 atom stereocenters. The van der Waals surface area contributed by atoms with Crippen LogP contribution >= 0.6 is 0 Å². The van der Waals surface area contributed by atoms with Gasteiger partial charge in [-0.15, -0.1) is 0 Å². The minimum absolute atomic E-state index is 0.00670. The van der Waals surface area contributed by atoms with Crippen molar-refractivity contribution in [2.75, 3.05) is 0 Å². The van der Waals surface area contributed by atoms with E-state index in [0.29, 0.717) is 5.75 Å². The van der Waals surface area contributed by atoms with Crippen LogP contribution in [-0.4, -0.2) is 4.92 Å². The maximum atomic E-state index is 11.1. The Morgan fingerprint density at radius 2 is 1.90 bits per heavy atom. The molecule has 2 rings (SSSR count). The lowest BCUT2D eigenvalue weighted by Crippen LogP contribution is -2.08. The zero-order chi connectivity index (χ0) is 15.4. The molecule has 0 aliphatic rings. The van der Waals surface area contributed by atoms with E-state index in [9.17, 15) is 10.1 Å². The molecular weight excluding hydrogens is 268 g/mol. The molecule has 2 aromatic rings. The Labute approximate surface area is 123 Å². The Balaban J connectivity index is 2.24. The molecule has 0 spiro atoms. The van der Waals surface area contributed by atoms with Gasteiger partial charge >= 0.3 is 5.69 Å². The summed E-state index contributed by atoms with van der Waals surface area (Å²) in [5, 5.41) is 11.1. The van der Waals surface area contributed by atoms with Crippen molar-refractivity contribution in [3.63, 3.8) is 0 Å². The van der Waals surface area contributed by atoms with Crippen LogP contribution in [0.15, 0.2) is 42.5 Å². The maximum Gasteiger partial charge on any atom is 0.311 e. The van der Waals surface area contributed by atoms with Crippen molar-refractivity contribution >= 4 is 5.69 Å². The first kappa shape index (κ1) is 15.0. The predicted octanol–water partition coefficient (Wildman–Crippen LogP) is 4.11. The summed E-state index contributed by atoms with van der Waals surface area (Å²) in [6.07, 6.45) is 0.851. The van der Waals surface area contributed by atoms with Gasteiger partial charge in [0.25, 0.3) is 0 Å². The SMILES string of the molecule is CC[C@H](N)c1ccc(Oc2ccc(C)cc2[N+](=O)[O-])cc1. The van der Waals surface area contributed by atoms with Gasteiger partial charge in [-0.3, -0.25) is 10.1 Å². The molecule has 0 aliphatic carbocycles. The lowest BCUT2D eigenvalue weighted by molar-refractivity contribution is -0.385. The number of nitrogens with two attached hydrogens (primary N) is 1. The van der Waals surface area contributed by atoms with Gasteiger partial charge in [-0.25, -0.2) is 0 Å². The first-order valence-electron chi connectivity index (χ1n) is 6.79. The van der Waals surface area contributed by atoms with Gasteiger partial charge in [0.1, 0.15) is 5.75 Å². The molecular formula is C16H18N2O3. The molecule has 2 N–H and O–H groups in total. The van der Waals surface area contributed by atoms with E-state index in [2.05, 4.69) is 0 Å². The molecule has 0 amide bonds. The van der Waals surface area contributed by atoms with E-state index in [1.165, 1.54) is 6.07 Å². The van der Waals surface area contributed by atoms with Crippen LogP contribution in [-0.2, 0) is 0 Å². The van der Waals surface area contributed by atoms with E-state index in [1.807, 2.05) is 19.1 Å². The van der Waals surface area contributed by atoms with Crippen molar-refractivity contribution in [3.8, 4) is 11.5 Å². The third kappa shape index (κ3) is 3.58. The predicted molar refractivity (Wildman–Crippen MR) is 81.6 cm³/mol. The Bertz CT molecular complexity index is 638. The van der Waals surface area contributed by atoms with Gasteiger partial charge in [-0.1, -0.05) is 25.1 Å². The lowest BCUT2D eigenvalue weighted by atomic mass is 10.1. The lowest BCUT2D eigenvalue weighted by Gasteiger charge is -2.11. The highest BCUT2D eigenvalue weighted by molar-refractivity contribution is 5.50. The molecule has 5 nitrogen and oxygen atoms in total. The van der Waals surface area contributed by atoms with Crippen LogP contribution < -0.4 is 10.5 Å². The van der Waals surface area contributed by atoms with Crippen LogP contribution in [0, 0.1) is 17.0 Å². The molecule has 2 aromatic carbocycles. The number of ether oxygens (including phenoxy) is 1. The molecule has 0 saturated heterocycles. The second-order valence-electron chi connectivity index (χ2n) is 4.91. The molecule has 0 fully saturated rings. The smallest absolute Gasteiger partial charge is 0.311 e. The van der Waals surface area contributed by atoms with Crippen molar-refractivity contribution in [2.45, 2.75) is 26.3 Å². The number of hydrogen-bond donors (Lipinski definition) is 1. The third-order valence-corrected chi connectivity index (χ3v) is 3.29. The number of benzene rings is 2. The fraction of sp³-hybridized carbons (Fsp3) is 0.250. The zero-order valence-electron chi connectivity index (χ0n) is 12.1. The quantitative estimate of drug-likeness (QED) is 0.662. The summed E-state index contributed by atoms with van der Waals surface area (Å²) in [6, 6.07) is 12.2. The van der Waals surface area contributed by atoms with Gasteiger partial charge < -0.3 is 10.5 Å². The Morgan fingerprint density at radius 1 is 1.24 bits per heavy atom. The van der Waals surface area contributed by atoms with Gasteiger partial charge in [0.2, 0.25) is 5.75 Å². The molecule has 0 aliphatic heterocycles. The molecule has 0 bridgehead atoms. The monoisotopic (exact) mass is 286 g/mol. The van der Waals surface area contributed by atoms with Gasteiger partial charge in [0, 0.05) is 12.1 Å². The highest BCUT2D eigenvalue weighted by atomic mass is 16.6. The van der Waals surface area contributed by atoms with Crippen LogP contribution in [0.5, 0.6) is 11.5 Å². The number of nitro groups is 1. The minimum Gasteiger partial charge on any atom is -0.450 e. The molecule has 5 heteroatoms. The van der Waals surface area contributed by atoms with Gasteiger partial charge in [-0.05, 0) is 42.7 Å². The van der Waals surface area contributed by atoms with Crippen LogP contribution in [0.3, 0.4) is 0 Å². The molecule has 0 saturated carbocycles. The van der Waals surface area contributed by atoms with E-state index in [-0.39, 0.29) is 17.5 Å². The van der Waals surface area contributed by atoms with Crippen LogP contribution in [0.2, 0.25) is 0 Å². The average Bonchev–Trinajstić information content (AvgIpc) is 2.49. The first-order valence-corrected chi connectivity index (χ1v) is 6.79. The third-order valence-electron chi connectivity index (χ3n) is 3.29. The number of nitro benzene ring substituents is 1. The van der Waals surface area contributed by atoms with E-state index < -0.39 is 4.92 Å². The Morgan fingerprint density at radius 3 is 2.48 bits per heavy atom. The fourth-order valence-electron chi connectivity index (χ4n) is 2.00. The Hall–Kier alpha value is -2.40. The van der Waals surface area contributed by atoms with Crippen molar-refractivity contribution in [1.29, 1.82) is 0 Å². The molecule has 110 valence electrons. The molecule has 0 unspecified atom stereocenters. The number of hydrogen-bond acceptors (Lipinski definition) is 4. The summed E-state index contributed by atoms with van der Waals surface area (Å²) in [7, 11) is 0. The summed E-state index contributed by atoms with van der Waals surface area (Å²) in [6.45, 7) is 3.82. The van der Waals surface area contributed by atoms with Gasteiger partial charge in [0.05, 0.1) is 4.92 Å². The summed E-state index contributed by atoms with van der Waals surface area (Å²) in [5.74, 6) is 0.784. The van der Waals surface area contributed by atoms with Crippen LogP contribution in [0.1, 0.15) is 30.5 Å². The number of aryl methyl sites for hydroxylation is 1. The van der Waals surface area contributed by atoms with Crippen LogP contribution in [0.4, 0.5) is 5.69 Å². The van der Waals surface area contributed by atoms with Crippen molar-refractivity contribution < 1.29 is 9.66 Å². The zero-order valence-corrected chi connectivity index (χ0v) is 12.1.